The SMILES string of the molecule is CCC(N)c1ccc(N)c(Cl)c1. The first-order chi connectivity index (χ1) is 5.65. The van der Waals surface area contributed by atoms with E-state index < -0.39 is 0 Å². The van der Waals surface area contributed by atoms with Gasteiger partial charge in [0.25, 0.3) is 0 Å². The summed E-state index contributed by atoms with van der Waals surface area (Å²) in [5, 5.41) is 0.580. The fourth-order valence-corrected chi connectivity index (χ4v) is 1.20. The quantitative estimate of drug-likeness (QED) is 0.694. The topological polar surface area (TPSA) is 52.0 Å². The molecule has 0 radical (unpaired) electrons. The van der Waals surface area contributed by atoms with E-state index in [1.807, 2.05) is 19.1 Å². The highest BCUT2D eigenvalue weighted by Crippen LogP contribution is 2.23. The zero-order valence-electron chi connectivity index (χ0n) is 7.05. The van der Waals surface area contributed by atoms with E-state index in [9.17, 15) is 0 Å². The Morgan fingerprint density at radius 3 is 2.67 bits per heavy atom. The van der Waals surface area contributed by atoms with Gasteiger partial charge in [0.1, 0.15) is 0 Å². The predicted octanol–water partition coefficient (Wildman–Crippen LogP) is 2.33. The molecule has 0 spiro atoms. The summed E-state index contributed by atoms with van der Waals surface area (Å²) < 4.78 is 0. The van der Waals surface area contributed by atoms with Crippen molar-refractivity contribution in [2.24, 2.45) is 5.73 Å². The van der Waals surface area contributed by atoms with Gasteiger partial charge in [-0.15, -0.1) is 0 Å². The van der Waals surface area contributed by atoms with Crippen molar-refractivity contribution in [3.63, 3.8) is 0 Å². The van der Waals surface area contributed by atoms with Crippen LogP contribution in [0.2, 0.25) is 5.02 Å². The van der Waals surface area contributed by atoms with Gasteiger partial charge in [-0.2, -0.15) is 0 Å². The van der Waals surface area contributed by atoms with Crippen molar-refractivity contribution in [3.05, 3.63) is 28.8 Å². The standard InChI is InChI=1S/C9H13ClN2/c1-2-8(11)6-3-4-9(12)7(10)5-6/h3-5,8H,2,11-12H2,1H3. The lowest BCUT2D eigenvalue weighted by Gasteiger charge is -2.09. The Bertz CT molecular complexity index is 273. The lowest BCUT2D eigenvalue weighted by atomic mass is 10.1. The molecule has 4 N–H and O–H groups in total. The molecule has 12 heavy (non-hydrogen) atoms. The molecule has 0 heterocycles. The van der Waals surface area contributed by atoms with Gasteiger partial charge in [-0.1, -0.05) is 24.6 Å². The lowest BCUT2D eigenvalue weighted by molar-refractivity contribution is 0.699. The van der Waals surface area contributed by atoms with Crippen LogP contribution in [0.25, 0.3) is 0 Å². The molecular weight excluding hydrogens is 172 g/mol. The number of hydrogen-bond donors (Lipinski definition) is 2. The van der Waals surface area contributed by atoms with Gasteiger partial charge in [-0.3, -0.25) is 0 Å². The second-order valence-electron chi connectivity index (χ2n) is 2.80. The van der Waals surface area contributed by atoms with E-state index in [1.54, 1.807) is 6.07 Å². The largest absolute Gasteiger partial charge is 0.398 e. The molecule has 0 bridgehead atoms. The van der Waals surface area contributed by atoms with Crippen LogP contribution in [-0.2, 0) is 0 Å². The van der Waals surface area contributed by atoms with Crippen molar-refractivity contribution in [2.75, 3.05) is 5.73 Å². The molecule has 0 aliphatic heterocycles. The molecule has 1 atom stereocenters. The summed E-state index contributed by atoms with van der Waals surface area (Å²) in [5.74, 6) is 0. The Morgan fingerprint density at radius 2 is 2.17 bits per heavy atom. The Kier molecular flexibility index (Phi) is 2.95. The van der Waals surface area contributed by atoms with Crippen molar-refractivity contribution in [1.82, 2.24) is 0 Å². The third-order valence-corrected chi connectivity index (χ3v) is 2.22. The summed E-state index contributed by atoms with van der Waals surface area (Å²) in [5.41, 5.74) is 13.0. The van der Waals surface area contributed by atoms with Crippen molar-refractivity contribution in [3.8, 4) is 0 Å². The van der Waals surface area contributed by atoms with Gasteiger partial charge in [0.15, 0.2) is 0 Å². The summed E-state index contributed by atoms with van der Waals surface area (Å²) in [4.78, 5) is 0. The van der Waals surface area contributed by atoms with Crippen molar-refractivity contribution in [1.29, 1.82) is 0 Å². The molecule has 3 heteroatoms. The van der Waals surface area contributed by atoms with E-state index in [0.717, 1.165) is 12.0 Å². The zero-order valence-corrected chi connectivity index (χ0v) is 7.81. The molecule has 0 amide bonds. The Balaban J connectivity index is 2.96. The van der Waals surface area contributed by atoms with Crippen LogP contribution in [0.15, 0.2) is 18.2 Å². The third kappa shape index (κ3) is 1.90. The predicted molar refractivity (Wildman–Crippen MR) is 53.1 cm³/mol. The summed E-state index contributed by atoms with van der Waals surface area (Å²) in [6, 6.07) is 5.58. The van der Waals surface area contributed by atoms with Gasteiger partial charge < -0.3 is 11.5 Å². The van der Waals surface area contributed by atoms with Gasteiger partial charge in [-0.05, 0) is 24.1 Å². The van der Waals surface area contributed by atoms with Crippen LogP contribution in [0.5, 0.6) is 0 Å². The van der Waals surface area contributed by atoms with Crippen molar-refractivity contribution in [2.45, 2.75) is 19.4 Å². The molecule has 0 saturated heterocycles. The third-order valence-electron chi connectivity index (χ3n) is 1.89. The van der Waals surface area contributed by atoms with Gasteiger partial charge in [0.2, 0.25) is 0 Å². The van der Waals surface area contributed by atoms with Crippen LogP contribution in [0.4, 0.5) is 5.69 Å². The molecule has 2 nitrogen and oxygen atoms in total. The Labute approximate surface area is 77.5 Å². The number of nitrogens with two attached hydrogens (primary N) is 2. The first kappa shape index (κ1) is 9.36. The minimum absolute atomic E-state index is 0.0584. The number of hydrogen-bond acceptors (Lipinski definition) is 2. The maximum Gasteiger partial charge on any atom is 0.0638 e. The number of benzene rings is 1. The molecule has 0 fully saturated rings. The number of nitrogen functional groups attached to an aromatic ring is 1. The Hall–Kier alpha value is -0.730. The summed E-state index contributed by atoms with van der Waals surface area (Å²) in [6.45, 7) is 2.04. The van der Waals surface area contributed by atoms with Crippen molar-refractivity contribution >= 4 is 17.3 Å². The first-order valence-electron chi connectivity index (χ1n) is 3.95. The first-order valence-corrected chi connectivity index (χ1v) is 4.33. The average Bonchev–Trinajstić information content (AvgIpc) is 2.08. The van der Waals surface area contributed by atoms with Gasteiger partial charge in [-0.25, -0.2) is 0 Å². The van der Waals surface area contributed by atoms with E-state index >= 15 is 0 Å². The van der Waals surface area contributed by atoms with Crippen LogP contribution in [-0.4, -0.2) is 0 Å². The van der Waals surface area contributed by atoms with E-state index in [-0.39, 0.29) is 6.04 Å². The fourth-order valence-electron chi connectivity index (χ4n) is 1.01. The van der Waals surface area contributed by atoms with Crippen molar-refractivity contribution < 1.29 is 0 Å². The number of anilines is 1. The minimum Gasteiger partial charge on any atom is -0.398 e. The molecule has 0 saturated carbocycles. The normalized spacial score (nSPS) is 12.9. The van der Waals surface area contributed by atoms with Crippen LogP contribution < -0.4 is 11.5 Å². The number of halogens is 1. The average molecular weight is 185 g/mol. The molecule has 1 aromatic rings. The summed E-state index contributed by atoms with van der Waals surface area (Å²) in [7, 11) is 0. The van der Waals surface area contributed by atoms with Crippen LogP contribution in [0.3, 0.4) is 0 Å². The lowest BCUT2D eigenvalue weighted by Crippen LogP contribution is -2.08. The molecule has 0 aliphatic rings. The molecule has 0 aromatic heterocycles. The van der Waals surface area contributed by atoms with Gasteiger partial charge in [0.05, 0.1) is 10.7 Å². The second kappa shape index (κ2) is 3.78. The molecular formula is C9H13ClN2. The Morgan fingerprint density at radius 1 is 1.50 bits per heavy atom. The van der Waals surface area contributed by atoms with E-state index in [0.29, 0.717) is 10.7 Å². The smallest absolute Gasteiger partial charge is 0.0638 e. The maximum absolute atomic E-state index is 5.83. The van der Waals surface area contributed by atoms with E-state index in [2.05, 4.69) is 0 Å². The summed E-state index contributed by atoms with van der Waals surface area (Å²) >= 11 is 5.83. The maximum atomic E-state index is 5.83. The highest BCUT2D eigenvalue weighted by Gasteiger charge is 2.04. The van der Waals surface area contributed by atoms with Gasteiger partial charge >= 0.3 is 0 Å². The molecule has 1 rings (SSSR count). The number of rotatable bonds is 2. The van der Waals surface area contributed by atoms with E-state index in [4.69, 9.17) is 23.1 Å². The molecule has 0 aliphatic carbocycles. The molecule has 1 aromatic carbocycles. The monoisotopic (exact) mass is 184 g/mol. The molecule has 66 valence electrons. The van der Waals surface area contributed by atoms with Crippen LogP contribution in [0, 0.1) is 0 Å². The minimum atomic E-state index is 0.0584. The fraction of sp³-hybridized carbons (Fsp3) is 0.333. The van der Waals surface area contributed by atoms with Crippen LogP contribution >= 0.6 is 11.6 Å². The highest BCUT2D eigenvalue weighted by molar-refractivity contribution is 6.33. The van der Waals surface area contributed by atoms with Crippen LogP contribution in [0.1, 0.15) is 24.9 Å². The highest BCUT2D eigenvalue weighted by atomic mass is 35.5. The second-order valence-corrected chi connectivity index (χ2v) is 3.20. The molecule has 1 unspecified atom stereocenters. The van der Waals surface area contributed by atoms with Gasteiger partial charge in [0, 0.05) is 6.04 Å². The zero-order chi connectivity index (χ0) is 9.14. The summed E-state index contributed by atoms with van der Waals surface area (Å²) in [6.07, 6.45) is 0.903. The van der Waals surface area contributed by atoms with E-state index in [1.165, 1.54) is 0 Å².